The van der Waals surface area contributed by atoms with Crippen molar-refractivity contribution in [2.45, 2.75) is 31.8 Å². The van der Waals surface area contributed by atoms with E-state index in [1.54, 1.807) is 78.9 Å². The number of ether oxygens (including phenoxy) is 1. The van der Waals surface area contributed by atoms with Crippen molar-refractivity contribution < 1.29 is 24.2 Å². The van der Waals surface area contributed by atoms with Crippen molar-refractivity contribution in [1.29, 1.82) is 0 Å². The second-order valence-electron chi connectivity index (χ2n) is 8.94. The smallest absolute Gasteiger partial charge is 0.173 e. The molecule has 0 amide bonds. The standard InChI is InChI=1S/C29H28O5/c1-3-34-22-16-14-19(15-17-22)24-25(27(31)20-10-6-4-7-11-20)23(30)18-29(2,33)26(24)28(32)21-12-8-5-9-13-21/h4-17,24-26,33H,3,18H2,1-2H3/t24-,25-,26+,29-/m1/s1. The topological polar surface area (TPSA) is 80.7 Å². The Bertz CT molecular complexity index is 1170. The van der Waals surface area contributed by atoms with Crippen molar-refractivity contribution in [3.63, 3.8) is 0 Å². The van der Waals surface area contributed by atoms with Crippen molar-refractivity contribution in [2.24, 2.45) is 11.8 Å². The summed E-state index contributed by atoms with van der Waals surface area (Å²) < 4.78 is 5.55. The fourth-order valence-electron chi connectivity index (χ4n) is 5.01. The quantitative estimate of drug-likeness (QED) is 0.404. The first-order chi connectivity index (χ1) is 16.3. The van der Waals surface area contributed by atoms with Gasteiger partial charge in [-0.25, -0.2) is 0 Å². The van der Waals surface area contributed by atoms with E-state index in [9.17, 15) is 19.5 Å². The van der Waals surface area contributed by atoms with Crippen LogP contribution in [0.4, 0.5) is 0 Å². The first-order valence-corrected chi connectivity index (χ1v) is 11.5. The maximum absolute atomic E-state index is 13.8. The molecule has 4 atom stereocenters. The normalized spacial score (nSPS) is 24.4. The van der Waals surface area contributed by atoms with Crippen LogP contribution in [0.15, 0.2) is 84.9 Å². The Labute approximate surface area is 199 Å². The van der Waals surface area contributed by atoms with Crippen molar-refractivity contribution in [1.82, 2.24) is 0 Å². The van der Waals surface area contributed by atoms with Gasteiger partial charge in [0.1, 0.15) is 11.5 Å². The van der Waals surface area contributed by atoms with E-state index in [-0.39, 0.29) is 23.8 Å². The van der Waals surface area contributed by atoms with Gasteiger partial charge >= 0.3 is 0 Å². The molecule has 1 aliphatic rings. The zero-order valence-electron chi connectivity index (χ0n) is 19.3. The molecule has 3 aromatic carbocycles. The third-order valence-electron chi connectivity index (χ3n) is 6.52. The van der Waals surface area contributed by atoms with E-state index < -0.39 is 23.4 Å². The first-order valence-electron chi connectivity index (χ1n) is 11.5. The number of carbonyl (C=O) groups is 3. The van der Waals surface area contributed by atoms with Crippen molar-refractivity contribution >= 4 is 17.3 Å². The maximum Gasteiger partial charge on any atom is 0.173 e. The average molecular weight is 457 g/mol. The van der Waals surface area contributed by atoms with E-state index in [1.165, 1.54) is 6.92 Å². The molecule has 1 fully saturated rings. The molecule has 5 heteroatoms. The van der Waals surface area contributed by atoms with E-state index in [0.717, 1.165) is 0 Å². The molecule has 0 unspecified atom stereocenters. The van der Waals surface area contributed by atoms with Gasteiger partial charge in [0.2, 0.25) is 0 Å². The SMILES string of the molecule is CCOc1ccc([C@@H]2[C@H](C(=O)c3ccccc3)C(=O)C[C@@](C)(O)[C@@H]2C(=O)c2ccccc2)cc1. The minimum absolute atomic E-state index is 0.271. The molecule has 0 aromatic heterocycles. The minimum atomic E-state index is -1.61. The Morgan fingerprint density at radius 2 is 1.41 bits per heavy atom. The fourth-order valence-corrected chi connectivity index (χ4v) is 5.01. The Morgan fingerprint density at radius 1 is 0.882 bits per heavy atom. The van der Waals surface area contributed by atoms with Gasteiger partial charge in [0.05, 0.1) is 24.0 Å². The highest BCUT2D eigenvalue weighted by atomic mass is 16.5. The van der Waals surface area contributed by atoms with Crippen molar-refractivity contribution in [3.8, 4) is 5.75 Å². The third kappa shape index (κ3) is 4.57. The van der Waals surface area contributed by atoms with Crippen LogP contribution < -0.4 is 4.74 Å². The summed E-state index contributed by atoms with van der Waals surface area (Å²) in [7, 11) is 0. The van der Waals surface area contributed by atoms with Crippen molar-refractivity contribution in [2.75, 3.05) is 6.61 Å². The number of benzene rings is 3. The van der Waals surface area contributed by atoms with Gasteiger partial charge in [-0.05, 0) is 31.5 Å². The molecule has 174 valence electrons. The monoisotopic (exact) mass is 456 g/mol. The van der Waals surface area contributed by atoms with Gasteiger partial charge in [0, 0.05) is 23.5 Å². The molecule has 0 bridgehead atoms. The molecule has 34 heavy (non-hydrogen) atoms. The van der Waals surface area contributed by atoms with E-state index in [2.05, 4.69) is 0 Å². The van der Waals surface area contributed by atoms with Crippen LogP contribution in [-0.4, -0.2) is 34.7 Å². The highest BCUT2D eigenvalue weighted by Crippen LogP contribution is 2.48. The van der Waals surface area contributed by atoms with Crippen LogP contribution >= 0.6 is 0 Å². The Balaban J connectivity index is 1.86. The summed E-state index contributed by atoms with van der Waals surface area (Å²) in [6.07, 6.45) is -0.271. The molecule has 0 heterocycles. The lowest BCUT2D eigenvalue weighted by atomic mass is 9.58. The molecule has 1 saturated carbocycles. The Morgan fingerprint density at radius 3 is 1.94 bits per heavy atom. The van der Waals surface area contributed by atoms with Gasteiger partial charge in [-0.15, -0.1) is 0 Å². The highest BCUT2D eigenvalue weighted by Gasteiger charge is 2.55. The van der Waals surface area contributed by atoms with Crippen LogP contribution in [0.5, 0.6) is 5.75 Å². The van der Waals surface area contributed by atoms with Crippen LogP contribution in [0, 0.1) is 11.8 Å². The van der Waals surface area contributed by atoms with Gasteiger partial charge in [0.25, 0.3) is 0 Å². The number of aliphatic hydroxyl groups is 1. The first kappa shape index (κ1) is 23.6. The summed E-state index contributed by atoms with van der Waals surface area (Å²) in [6.45, 7) is 3.90. The van der Waals surface area contributed by atoms with Crippen LogP contribution in [-0.2, 0) is 4.79 Å². The summed E-state index contributed by atoms with van der Waals surface area (Å²) in [4.78, 5) is 40.8. The highest BCUT2D eigenvalue weighted by molar-refractivity contribution is 6.13. The molecule has 5 nitrogen and oxygen atoms in total. The minimum Gasteiger partial charge on any atom is -0.494 e. The number of rotatable bonds is 7. The van der Waals surface area contributed by atoms with Gasteiger partial charge in [-0.1, -0.05) is 72.8 Å². The number of ketones is 3. The average Bonchev–Trinajstić information content (AvgIpc) is 2.84. The zero-order chi connectivity index (χ0) is 24.3. The molecule has 0 saturated heterocycles. The lowest BCUT2D eigenvalue weighted by molar-refractivity contribution is -0.134. The van der Waals surface area contributed by atoms with Crippen LogP contribution in [0.2, 0.25) is 0 Å². The van der Waals surface area contributed by atoms with E-state index in [0.29, 0.717) is 29.0 Å². The Kier molecular flexibility index (Phi) is 6.75. The summed E-state index contributed by atoms with van der Waals surface area (Å²) >= 11 is 0. The van der Waals surface area contributed by atoms with Gasteiger partial charge in [0.15, 0.2) is 11.6 Å². The second kappa shape index (κ2) is 9.74. The molecular weight excluding hydrogens is 428 g/mol. The van der Waals surface area contributed by atoms with Crippen LogP contribution in [0.25, 0.3) is 0 Å². The number of hydrogen-bond acceptors (Lipinski definition) is 5. The van der Waals surface area contributed by atoms with Gasteiger partial charge in [-0.2, -0.15) is 0 Å². The van der Waals surface area contributed by atoms with Crippen LogP contribution in [0.3, 0.4) is 0 Å². The molecule has 3 aromatic rings. The molecule has 0 aliphatic heterocycles. The predicted molar refractivity (Wildman–Crippen MR) is 129 cm³/mol. The van der Waals surface area contributed by atoms with Gasteiger partial charge < -0.3 is 9.84 Å². The van der Waals surface area contributed by atoms with Crippen LogP contribution in [0.1, 0.15) is 52.5 Å². The summed E-state index contributed by atoms with van der Waals surface area (Å²) in [5.74, 6) is -3.24. The van der Waals surface area contributed by atoms with E-state index in [1.807, 2.05) is 13.0 Å². The summed E-state index contributed by atoms with van der Waals surface area (Å²) in [5, 5.41) is 11.4. The van der Waals surface area contributed by atoms with E-state index >= 15 is 0 Å². The largest absolute Gasteiger partial charge is 0.494 e. The summed E-state index contributed by atoms with van der Waals surface area (Å²) in [5.41, 5.74) is -0.130. The predicted octanol–water partition coefficient (Wildman–Crippen LogP) is 4.89. The zero-order valence-corrected chi connectivity index (χ0v) is 19.3. The van der Waals surface area contributed by atoms with Gasteiger partial charge in [-0.3, -0.25) is 14.4 Å². The Hall–Kier alpha value is -3.57. The molecule has 0 spiro atoms. The van der Waals surface area contributed by atoms with Crippen molar-refractivity contribution in [3.05, 3.63) is 102 Å². The van der Waals surface area contributed by atoms with E-state index in [4.69, 9.17) is 4.74 Å². The second-order valence-corrected chi connectivity index (χ2v) is 8.94. The molecule has 1 aliphatic carbocycles. The number of Topliss-reactive ketones (excluding diaryl/α,β-unsaturated/α-hetero) is 3. The molecule has 0 radical (unpaired) electrons. The number of hydrogen-bond donors (Lipinski definition) is 1. The maximum atomic E-state index is 13.8. The lowest BCUT2D eigenvalue weighted by Crippen LogP contribution is -2.54. The summed E-state index contributed by atoms with van der Waals surface area (Å²) in [6, 6.07) is 24.4. The lowest BCUT2D eigenvalue weighted by Gasteiger charge is -2.45. The fraction of sp³-hybridized carbons (Fsp3) is 0.276. The molecular formula is C29H28O5. The number of carbonyl (C=O) groups excluding carboxylic acids is 3. The molecule has 1 N–H and O–H groups in total. The molecule has 4 rings (SSSR count). The third-order valence-corrected chi connectivity index (χ3v) is 6.52.